The fourth-order valence-corrected chi connectivity index (χ4v) is 3.53. The first kappa shape index (κ1) is 32.7. The van der Waals surface area contributed by atoms with Crippen LogP contribution in [0.5, 0.6) is 0 Å². The molecule has 0 radical (unpaired) electrons. The van der Waals surface area contributed by atoms with E-state index in [2.05, 4.69) is 26.1 Å². The van der Waals surface area contributed by atoms with Gasteiger partial charge in [-0.25, -0.2) is 29.1 Å². The van der Waals surface area contributed by atoms with Crippen molar-refractivity contribution in [3.05, 3.63) is 24.2 Å². The highest BCUT2D eigenvalue weighted by Gasteiger charge is 2.30. The maximum atomic E-state index is 11.4. The van der Waals surface area contributed by atoms with E-state index in [1.54, 1.807) is 18.4 Å². The number of carbonyl (C=O) groups is 3. The number of nitrogen functional groups attached to an aromatic ring is 1. The number of nitriles is 1. The average molecular weight is 554 g/mol. The largest absolute Gasteiger partial charge is 0.508 e. The van der Waals surface area contributed by atoms with E-state index in [4.69, 9.17) is 35.4 Å². The number of carbonyl (C=O) groups excluding carboxylic acids is 1. The number of ether oxygens (including phenoxy) is 5. The summed E-state index contributed by atoms with van der Waals surface area (Å²) in [5, 5.41) is 26.9. The second-order valence-electron chi connectivity index (χ2n) is 8.40. The molecular formula is C24H35N5O10. The van der Waals surface area contributed by atoms with Gasteiger partial charge in [-0.1, -0.05) is 0 Å². The molecule has 0 aromatic carbocycles. The van der Waals surface area contributed by atoms with Gasteiger partial charge in [-0.2, -0.15) is 5.10 Å². The minimum Gasteiger partial charge on any atom is -0.450 e. The van der Waals surface area contributed by atoms with Crippen LogP contribution in [0, 0.1) is 11.8 Å². The molecule has 15 heteroatoms. The molecule has 39 heavy (non-hydrogen) atoms. The summed E-state index contributed by atoms with van der Waals surface area (Å²) in [6.45, 7) is 7.61. The van der Waals surface area contributed by atoms with E-state index in [0.29, 0.717) is 18.7 Å². The van der Waals surface area contributed by atoms with Crippen molar-refractivity contribution < 1.29 is 48.3 Å². The van der Waals surface area contributed by atoms with E-state index in [1.165, 1.54) is 6.33 Å². The van der Waals surface area contributed by atoms with E-state index >= 15 is 0 Å². The maximum absolute atomic E-state index is 11.4. The Kier molecular flexibility index (Phi) is 15.1. The van der Waals surface area contributed by atoms with Crippen molar-refractivity contribution in [2.24, 2.45) is 0 Å². The molecule has 2 atom stereocenters. The van der Waals surface area contributed by atoms with Crippen LogP contribution in [0.2, 0.25) is 0 Å². The Bertz CT molecular complexity index is 1040. The van der Waals surface area contributed by atoms with Gasteiger partial charge in [0, 0.05) is 6.57 Å². The molecule has 0 amide bonds. The van der Waals surface area contributed by atoms with Crippen LogP contribution < -0.4 is 5.73 Å². The van der Waals surface area contributed by atoms with Crippen molar-refractivity contribution in [2.75, 3.05) is 25.6 Å². The van der Waals surface area contributed by atoms with Crippen LogP contribution in [0.1, 0.15) is 64.2 Å². The second-order valence-corrected chi connectivity index (χ2v) is 8.40. The zero-order valence-corrected chi connectivity index (χ0v) is 21.9. The Morgan fingerprint density at radius 2 is 1.69 bits per heavy atom. The van der Waals surface area contributed by atoms with Crippen molar-refractivity contribution in [1.82, 2.24) is 14.6 Å². The Balaban J connectivity index is 0.000000411. The van der Waals surface area contributed by atoms with Crippen LogP contribution >= 0.6 is 0 Å². The summed E-state index contributed by atoms with van der Waals surface area (Å²) in [5.74, 6) is 0.431. The van der Waals surface area contributed by atoms with Crippen LogP contribution in [0.4, 0.5) is 20.2 Å². The molecule has 4 N–H and O–H groups in total. The summed E-state index contributed by atoms with van der Waals surface area (Å²) in [6.07, 6.45) is 2.30. The quantitative estimate of drug-likeness (QED) is 0.202. The molecule has 1 aliphatic heterocycles. The Morgan fingerprint density at radius 1 is 1.08 bits per heavy atom. The molecule has 15 nitrogen and oxygen atoms in total. The molecule has 0 saturated carbocycles. The molecule has 2 aromatic heterocycles. The summed E-state index contributed by atoms with van der Waals surface area (Å²) in [7, 11) is 0. The zero-order valence-electron chi connectivity index (χ0n) is 21.9. The number of unbranched alkanes of at least 4 members (excludes halogenated alkanes) is 3. The second kappa shape index (κ2) is 18.0. The van der Waals surface area contributed by atoms with Gasteiger partial charge in [-0.15, -0.1) is 0 Å². The van der Waals surface area contributed by atoms with Gasteiger partial charge in [-0.3, -0.25) is 0 Å². The number of nitrogens with zero attached hydrogens (tertiary/aromatic N) is 4. The monoisotopic (exact) mass is 553 g/mol. The molecule has 2 unspecified atom stereocenters. The molecule has 216 valence electrons. The van der Waals surface area contributed by atoms with E-state index < -0.39 is 18.5 Å². The zero-order chi connectivity index (χ0) is 29.2. The van der Waals surface area contributed by atoms with Crippen molar-refractivity contribution >= 4 is 29.8 Å². The summed E-state index contributed by atoms with van der Waals surface area (Å²) >= 11 is 0. The summed E-state index contributed by atoms with van der Waals surface area (Å²) in [5.41, 5.74) is 7.51. The van der Waals surface area contributed by atoms with E-state index in [-0.39, 0.29) is 38.1 Å². The Hall–Kier alpha value is -4.32. The van der Waals surface area contributed by atoms with Crippen LogP contribution in [0.25, 0.3) is 5.52 Å². The van der Waals surface area contributed by atoms with Gasteiger partial charge in [-0.05, 0) is 64.5 Å². The van der Waals surface area contributed by atoms with Crippen molar-refractivity contribution in [2.45, 2.75) is 70.7 Å². The number of carboxylic acid groups (broad SMARTS) is 2. The van der Waals surface area contributed by atoms with Crippen molar-refractivity contribution in [1.29, 1.82) is 5.26 Å². The molecule has 0 bridgehead atoms. The first-order chi connectivity index (χ1) is 18.7. The average Bonchev–Trinajstić information content (AvgIpc) is 3.53. The third-order valence-electron chi connectivity index (χ3n) is 5.16. The van der Waals surface area contributed by atoms with Gasteiger partial charge >= 0.3 is 18.5 Å². The third kappa shape index (κ3) is 12.7. The van der Waals surface area contributed by atoms with Crippen LogP contribution in [0.3, 0.4) is 0 Å². The minimum atomic E-state index is -1.26. The van der Waals surface area contributed by atoms with Gasteiger partial charge in [0.25, 0.3) is 0 Å². The van der Waals surface area contributed by atoms with Gasteiger partial charge in [0.05, 0.1) is 31.1 Å². The Morgan fingerprint density at radius 3 is 2.26 bits per heavy atom. The standard InChI is InChI=1S/C15H20N4O4.C8H14O6.CHN/c1-9(2)22-15(20)21-7-10-3-6-13(23-10)11-4-5-12-14(16)17-8-18-19(11)12;9-7(10)13-5-3-1-2-4-6-14-8(11)12;1-2/h4-5,8-10,13H,3,6-7H2,1-2H3,(H2,16,17,18);1-6H2,(H,9,10)(H,11,12);1H. The van der Waals surface area contributed by atoms with Crippen LogP contribution in [-0.4, -0.2) is 75.3 Å². The molecule has 1 aliphatic rings. The predicted octanol–water partition coefficient (Wildman–Crippen LogP) is 4.17. The molecular weight excluding hydrogens is 518 g/mol. The van der Waals surface area contributed by atoms with Crippen molar-refractivity contribution in [3.8, 4) is 6.57 Å². The van der Waals surface area contributed by atoms with Gasteiger partial charge in [0.1, 0.15) is 24.6 Å². The lowest BCUT2D eigenvalue weighted by molar-refractivity contribution is -0.0236. The van der Waals surface area contributed by atoms with Gasteiger partial charge in [0.2, 0.25) is 0 Å². The van der Waals surface area contributed by atoms with Crippen LogP contribution in [0.15, 0.2) is 18.5 Å². The van der Waals surface area contributed by atoms with E-state index in [9.17, 15) is 14.4 Å². The van der Waals surface area contributed by atoms with E-state index in [1.807, 2.05) is 12.1 Å². The van der Waals surface area contributed by atoms with Crippen LogP contribution in [-0.2, 0) is 23.7 Å². The van der Waals surface area contributed by atoms with Gasteiger partial charge in [0.15, 0.2) is 5.82 Å². The highest BCUT2D eigenvalue weighted by atomic mass is 16.7. The summed E-state index contributed by atoms with van der Waals surface area (Å²) < 4.78 is 26.2. The smallest absolute Gasteiger partial charge is 0.450 e. The molecule has 0 spiro atoms. The Labute approximate surface area is 225 Å². The number of rotatable bonds is 11. The maximum Gasteiger partial charge on any atom is 0.508 e. The predicted molar refractivity (Wildman–Crippen MR) is 135 cm³/mol. The fraction of sp³-hybridized carbons (Fsp3) is 0.583. The first-order valence-corrected chi connectivity index (χ1v) is 12.2. The summed E-state index contributed by atoms with van der Waals surface area (Å²) in [4.78, 5) is 35.2. The molecule has 1 fully saturated rings. The summed E-state index contributed by atoms with van der Waals surface area (Å²) in [6, 6.07) is 3.80. The molecule has 3 rings (SSSR count). The number of fused-ring (bicyclic) bond motifs is 1. The normalized spacial score (nSPS) is 15.8. The number of anilines is 1. The third-order valence-corrected chi connectivity index (χ3v) is 5.16. The lowest BCUT2D eigenvalue weighted by Crippen LogP contribution is -2.21. The first-order valence-electron chi connectivity index (χ1n) is 12.2. The number of hydrogen-bond acceptors (Lipinski definition) is 12. The molecule has 0 aliphatic carbocycles. The highest BCUT2D eigenvalue weighted by Crippen LogP contribution is 2.33. The molecule has 1 saturated heterocycles. The topological polar surface area (TPSA) is 218 Å². The lowest BCUT2D eigenvalue weighted by Gasteiger charge is -2.14. The number of aromatic nitrogens is 3. The number of nitrogens with two attached hydrogens (primary N) is 1. The SMILES string of the molecule is C#N.CC(C)OC(=O)OCC1CCC(c2ccc3c(N)ncnn23)O1.O=C(O)OCCCCCCOC(=O)O. The fourth-order valence-electron chi connectivity index (χ4n) is 3.53. The van der Waals surface area contributed by atoms with E-state index in [0.717, 1.165) is 36.9 Å². The van der Waals surface area contributed by atoms with Gasteiger partial charge < -0.3 is 39.6 Å². The number of hydrogen-bond donors (Lipinski definition) is 3. The lowest BCUT2D eigenvalue weighted by atomic mass is 10.1. The molecule has 3 heterocycles. The minimum absolute atomic E-state index is 0.110. The van der Waals surface area contributed by atoms with Crippen molar-refractivity contribution in [3.63, 3.8) is 0 Å². The molecule has 2 aromatic rings. The highest BCUT2D eigenvalue weighted by molar-refractivity contribution is 5.65.